The lowest BCUT2D eigenvalue weighted by Crippen LogP contribution is -2.11. The highest BCUT2D eigenvalue weighted by molar-refractivity contribution is 9.10. The molecule has 0 amide bonds. The van der Waals surface area contributed by atoms with Crippen molar-refractivity contribution in [2.24, 2.45) is 0 Å². The van der Waals surface area contributed by atoms with E-state index in [1.165, 1.54) is 15.2 Å². The van der Waals surface area contributed by atoms with Crippen molar-refractivity contribution in [3.05, 3.63) is 52.5 Å². The molecule has 0 aliphatic heterocycles. The van der Waals surface area contributed by atoms with E-state index in [-0.39, 0.29) is 0 Å². The summed E-state index contributed by atoms with van der Waals surface area (Å²) in [7, 11) is 0. The van der Waals surface area contributed by atoms with Gasteiger partial charge in [-0.3, -0.25) is 0 Å². The van der Waals surface area contributed by atoms with Crippen molar-refractivity contribution in [1.29, 1.82) is 0 Å². The second kappa shape index (κ2) is 6.92. The third kappa shape index (κ3) is 3.66. The Bertz CT molecular complexity index is 722. The standard InChI is InChI=1S/C16H15BrN2S2/c1-2-18-10-11-7-8-14(12(17)9-11)20-16-19-13-5-3-4-6-15(13)21-16/h3-9,18H,2,10H2,1H3. The van der Waals surface area contributed by atoms with E-state index in [9.17, 15) is 0 Å². The van der Waals surface area contributed by atoms with Gasteiger partial charge in [-0.1, -0.05) is 36.9 Å². The predicted octanol–water partition coefficient (Wildman–Crippen LogP) is 5.32. The molecule has 0 fully saturated rings. The molecule has 1 heterocycles. The summed E-state index contributed by atoms with van der Waals surface area (Å²) in [6.07, 6.45) is 0. The fourth-order valence-corrected chi connectivity index (χ4v) is 4.69. The van der Waals surface area contributed by atoms with Gasteiger partial charge in [0, 0.05) is 15.9 Å². The Morgan fingerprint density at radius 1 is 1.24 bits per heavy atom. The van der Waals surface area contributed by atoms with Crippen LogP contribution in [0.5, 0.6) is 0 Å². The van der Waals surface area contributed by atoms with E-state index < -0.39 is 0 Å². The second-order valence-corrected chi connectivity index (χ2v) is 7.77. The van der Waals surface area contributed by atoms with Crippen LogP contribution in [0.4, 0.5) is 0 Å². The largest absolute Gasteiger partial charge is 0.313 e. The Morgan fingerprint density at radius 3 is 2.86 bits per heavy atom. The van der Waals surface area contributed by atoms with Crippen LogP contribution < -0.4 is 5.32 Å². The van der Waals surface area contributed by atoms with Gasteiger partial charge in [0.1, 0.15) is 0 Å². The zero-order chi connectivity index (χ0) is 14.7. The molecule has 0 saturated heterocycles. The minimum atomic E-state index is 0.904. The number of aromatic nitrogens is 1. The van der Waals surface area contributed by atoms with Gasteiger partial charge in [0.2, 0.25) is 0 Å². The van der Waals surface area contributed by atoms with Crippen molar-refractivity contribution in [3.63, 3.8) is 0 Å². The molecule has 3 rings (SSSR count). The molecule has 2 nitrogen and oxygen atoms in total. The van der Waals surface area contributed by atoms with E-state index in [0.29, 0.717) is 0 Å². The first kappa shape index (κ1) is 15.0. The van der Waals surface area contributed by atoms with E-state index in [1.807, 2.05) is 6.07 Å². The molecule has 3 aromatic rings. The molecular formula is C16H15BrN2S2. The van der Waals surface area contributed by atoms with Gasteiger partial charge in [0.25, 0.3) is 0 Å². The minimum absolute atomic E-state index is 0.904. The number of fused-ring (bicyclic) bond motifs is 1. The van der Waals surface area contributed by atoms with Crippen LogP contribution >= 0.6 is 39.0 Å². The summed E-state index contributed by atoms with van der Waals surface area (Å²) in [4.78, 5) is 5.87. The van der Waals surface area contributed by atoms with Crippen LogP contribution in [0.25, 0.3) is 10.2 Å². The molecule has 0 saturated carbocycles. The monoisotopic (exact) mass is 378 g/mol. The average Bonchev–Trinajstić information content (AvgIpc) is 2.90. The highest BCUT2D eigenvalue weighted by Crippen LogP contribution is 2.37. The number of hydrogen-bond acceptors (Lipinski definition) is 4. The maximum absolute atomic E-state index is 4.67. The smallest absolute Gasteiger partial charge is 0.155 e. The first-order valence-electron chi connectivity index (χ1n) is 6.79. The van der Waals surface area contributed by atoms with Crippen molar-refractivity contribution in [2.75, 3.05) is 6.54 Å². The van der Waals surface area contributed by atoms with Gasteiger partial charge < -0.3 is 5.32 Å². The summed E-state index contributed by atoms with van der Waals surface area (Å²) in [5.74, 6) is 0. The molecule has 1 N–H and O–H groups in total. The molecule has 0 unspecified atom stereocenters. The molecular weight excluding hydrogens is 364 g/mol. The molecule has 0 atom stereocenters. The Balaban J connectivity index is 1.80. The number of halogens is 1. The summed E-state index contributed by atoms with van der Waals surface area (Å²) in [5, 5.41) is 3.34. The summed E-state index contributed by atoms with van der Waals surface area (Å²) >= 11 is 7.12. The molecule has 5 heteroatoms. The summed E-state index contributed by atoms with van der Waals surface area (Å²) in [6.45, 7) is 4.01. The van der Waals surface area contributed by atoms with Gasteiger partial charge >= 0.3 is 0 Å². The van der Waals surface area contributed by atoms with Crippen LogP contribution in [0.3, 0.4) is 0 Å². The number of benzene rings is 2. The van der Waals surface area contributed by atoms with Crippen LogP contribution in [0, 0.1) is 0 Å². The van der Waals surface area contributed by atoms with E-state index in [1.54, 1.807) is 23.1 Å². The average molecular weight is 379 g/mol. The molecule has 0 aliphatic carbocycles. The maximum Gasteiger partial charge on any atom is 0.155 e. The molecule has 0 bridgehead atoms. The third-order valence-corrected chi connectivity index (χ3v) is 6.14. The Morgan fingerprint density at radius 2 is 2.10 bits per heavy atom. The lowest BCUT2D eigenvalue weighted by Gasteiger charge is -2.06. The molecule has 2 aromatic carbocycles. The summed E-state index contributed by atoms with van der Waals surface area (Å²) < 4.78 is 3.44. The van der Waals surface area contributed by atoms with Gasteiger partial charge in [-0.2, -0.15) is 0 Å². The highest BCUT2D eigenvalue weighted by atomic mass is 79.9. The van der Waals surface area contributed by atoms with Crippen LogP contribution in [-0.4, -0.2) is 11.5 Å². The van der Waals surface area contributed by atoms with Gasteiger partial charge in [-0.15, -0.1) is 11.3 Å². The number of para-hydroxylation sites is 1. The number of hydrogen-bond donors (Lipinski definition) is 1. The second-order valence-electron chi connectivity index (χ2n) is 4.59. The van der Waals surface area contributed by atoms with E-state index in [0.717, 1.165) is 27.4 Å². The molecule has 21 heavy (non-hydrogen) atoms. The minimum Gasteiger partial charge on any atom is -0.313 e. The summed E-state index contributed by atoms with van der Waals surface area (Å²) in [6, 6.07) is 14.8. The Kier molecular flexibility index (Phi) is 4.95. The normalized spacial score (nSPS) is 11.1. The topological polar surface area (TPSA) is 24.9 Å². The zero-order valence-corrected chi connectivity index (χ0v) is 14.8. The van der Waals surface area contributed by atoms with Gasteiger partial charge in [-0.25, -0.2) is 4.98 Å². The van der Waals surface area contributed by atoms with Crippen molar-refractivity contribution in [2.45, 2.75) is 22.7 Å². The fraction of sp³-hybridized carbons (Fsp3) is 0.188. The van der Waals surface area contributed by atoms with Crippen molar-refractivity contribution in [1.82, 2.24) is 10.3 Å². The SMILES string of the molecule is CCNCc1ccc(Sc2nc3ccccc3s2)c(Br)c1. The molecule has 1 aromatic heterocycles. The summed E-state index contributed by atoms with van der Waals surface area (Å²) in [5.41, 5.74) is 2.36. The molecule has 108 valence electrons. The third-order valence-electron chi connectivity index (χ3n) is 3.05. The first-order valence-corrected chi connectivity index (χ1v) is 9.21. The van der Waals surface area contributed by atoms with Crippen molar-refractivity contribution < 1.29 is 0 Å². The fourth-order valence-electron chi connectivity index (χ4n) is 2.00. The van der Waals surface area contributed by atoms with E-state index in [2.05, 4.69) is 69.6 Å². The first-order chi connectivity index (χ1) is 10.3. The predicted molar refractivity (Wildman–Crippen MR) is 95.3 cm³/mol. The Labute approximate surface area is 141 Å². The molecule has 0 aliphatic rings. The van der Waals surface area contributed by atoms with Crippen LogP contribution in [0.1, 0.15) is 12.5 Å². The zero-order valence-electron chi connectivity index (χ0n) is 11.6. The van der Waals surface area contributed by atoms with Gasteiger partial charge in [-0.05, 0) is 52.3 Å². The number of nitrogens with zero attached hydrogens (tertiary/aromatic N) is 1. The number of thiazole rings is 1. The molecule has 0 spiro atoms. The number of nitrogens with one attached hydrogen (secondary N) is 1. The van der Waals surface area contributed by atoms with E-state index >= 15 is 0 Å². The lowest BCUT2D eigenvalue weighted by molar-refractivity contribution is 0.726. The lowest BCUT2D eigenvalue weighted by atomic mass is 10.2. The van der Waals surface area contributed by atoms with Crippen molar-refractivity contribution in [3.8, 4) is 0 Å². The molecule has 0 radical (unpaired) electrons. The quantitative estimate of drug-likeness (QED) is 0.650. The van der Waals surface area contributed by atoms with Gasteiger partial charge in [0.05, 0.1) is 10.2 Å². The highest BCUT2D eigenvalue weighted by Gasteiger charge is 2.08. The van der Waals surface area contributed by atoms with Gasteiger partial charge in [0.15, 0.2) is 4.34 Å². The maximum atomic E-state index is 4.67. The van der Waals surface area contributed by atoms with E-state index in [4.69, 9.17) is 0 Å². The van der Waals surface area contributed by atoms with Crippen LogP contribution in [0.2, 0.25) is 0 Å². The van der Waals surface area contributed by atoms with Crippen LogP contribution in [0.15, 0.2) is 56.2 Å². The van der Waals surface area contributed by atoms with Crippen LogP contribution in [-0.2, 0) is 6.54 Å². The Hall–Kier alpha value is -0.880. The van der Waals surface area contributed by atoms with Crippen molar-refractivity contribution >= 4 is 49.2 Å². The number of rotatable bonds is 5.